The summed E-state index contributed by atoms with van der Waals surface area (Å²) in [5.74, 6) is 0.521. The minimum atomic E-state index is -0.125. The maximum Gasteiger partial charge on any atom is 0.262 e. The number of anilines is 3. The molecule has 1 fully saturated rings. The first-order chi connectivity index (χ1) is 10.0. The van der Waals surface area contributed by atoms with Crippen LogP contribution in [0, 0.1) is 0 Å². The van der Waals surface area contributed by atoms with E-state index in [0.717, 1.165) is 31.6 Å². The minimum Gasteiger partial charge on any atom is -0.482 e. The van der Waals surface area contributed by atoms with Crippen molar-refractivity contribution in [1.29, 1.82) is 0 Å². The average Bonchev–Trinajstić information content (AvgIpc) is 2.47. The number of nitrogen functional groups attached to an aromatic ring is 1. The van der Waals surface area contributed by atoms with Crippen molar-refractivity contribution >= 4 is 23.0 Å². The van der Waals surface area contributed by atoms with Crippen LogP contribution in [-0.2, 0) is 4.79 Å². The first-order valence-electron chi connectivity index (χ1n) is 7.32. The summed E-state index contributed by atoms with van der Waals surface area (Å²) in [6.07, 6.45) is 2.23. The Morgan fingerprint density at radius 2 is 2.10 bits per heavy atom. The fourth-order valence-electron chi connectivity index (χ4n) is 3.02. The molecule has 2 aliphatic rings. The number of nitrogens with two attached hydrogens (primary N) is 1. The van der Waals surface area contributed by atoms with E-state index in [9.17, 15) is 4.79 Å². The van der Waals surface area contributed by atoms with Gasteiger partial charge in [-0.1, -0.05) is 0 Å². The second kappa shape index (κ2) is 5.44. The molecule has 1 aromatic carbocycles. The first-order valence-corrected chi connectivity index (χ1v) is 7.32. The predicted molar refractivity (Wildman–Crippen MR) is 83.9 cm³/mol. The number of piperidine rings is 1. The van der Waals surface area contributed by atoms with Crippen LogP contribution in [0.3, 0.4) is 0 Å². The van der Waals surface area contributed by atoms with Crippen molar-refractivity contribution < 1.29 is 9.53 Å². The smallest absolute Gasteiger partial charge is 0.262 e. The highest BCUT2D eigenvalue weighted by Gasteiger charge is 2.24. The Hall–Kier alpha value is -1.95. The molecule has 0 bridgehead atoms. The summed E-state index contributed by atoms with van der Waals surface area (Å²) < 4.78 is 5.39. The second-order valence-corrected chi connectivity index (χ2v) is 5.89. The van der Waals surface area contributed by atoms with E-state index < -0.39 is 0 Å². The summed E-state index contributed by atoms with van der Waals surface area (Å²) in [5.41, 5.74) is 8.51. The normalized spacial score (nSPS) is 19.6. The molecule has 0 saturated carbocycles. The van der Waals surface area contributed by atoms with Crippen LogP contribution in [0.5, 0.6) is 5.75 Å². The van der Waals surface area contributed by atoms with Crippen LogP contribution < -0.4 is 20.7 Å². The molecule has 3 rings (SSSR count). The lowest BCUT2D eigenvalue weighted by molar-refractivity contribution is -0.118. The predicted octanol–water partition coefficient (Wildman–Crippen LogP) is 1.13. The zero-order valence-corrected chi connectivity index (χ0v) is 12.6. The Bertz CT molecular complexity index is 553. The van der Waals surface area contributed by atoms with Gasteiger partial charge in [-0.15, -0.1) is 0 Å². The molecule has 1 aromatic rings. The molecule has 6 heteroatoms. The highest BCUT2D eigenvalue weighted by Crippen LogP contribution is 2.37. The van der Waals surface area contributed by atoms with Crippen LogP contribution in [-0.4, -0.2) is 50.6 Å². The van der Waals surface area contributed by atoms with Gasteiger partial charge in [0.2, 0.25) is 0 Å². The number of nitrogens with one attached hydrogen (secondary N) is 1. The number of rotatable bonds is 2. The summed E-state index contributed by atoms with van der Waals surface area (Å²) in [5, 5.41) is 2.84. The second-order valence-electron chi connectivity index (χ2n) is 5.89. The van der Waals surface area contributed by atoms with E-state index >= 15 is 0 Å². The zero-order valence-electron chi connectivity index (χ0n) is 12.6. The molecule has 1 amide bonds. The number of fused-ring (bicyclic) bond motifs is 1. The Kier molecular flexibility index (Phi) is 3.63. The lowest BCUT2D eigenvalue weighted by Crippen LogP contribution is -2.42. The van der Waals surface area contributed by atoms with Gasteiger partial charge in [0, 0.05) is 19.2 Å². The molecule has 2 aliphatic heterocycles. The third kappa shape index (κ3) is 2.76. The summed E-state index contributed by atoms with van der Waals surface area (Å²) in [7, 11) is 4.22. The van der Waals surface area contributed by atoms with Gasteiger partial charge in [-0.3, -0.25) is 4.79 Å². The maximum absolute atomic E-state index is 11.4. The van der Waals surface area contributed by atoms with Crippen molar-refractivity contribution in [3.8, 4) is 5.75 Å². The van der Waals surface area contributed by atoms with Gasteiger partial charge in [-0.05, 0) is 39.0 Å². The van der Waals surface area contributed by atoms with Gasteiger partial charge < -0.3 is 25.6 Å². The lowest BCUT2D eigenvalue weighted by Gasteiger charge is -2.37. The number of carbonyl (C=O) groups excluding carboxylic acids is 1. The largest absolute Gasteiger partial charge is 0.482 e. The minimum absolute atomic E-state index is 0.0522. The zero-order chi connectivity index (χ0) is 15.0. The van der Waals surface area contributed by atoms with Crippen LogP contribution in [0.4, 0.5) is 17.1 Å². The average molecular weight is 290 g/mol. The van der Waals surface area contributed by atoms with E-state index in [1.807, 2.05) is 6.07 Å². The number of hydrogen-bond acceptors (Lipinski definition) is 5. The summed E-state index contributed by atoms with van der Waals surface area (Å²) in [6, 6.07) is 4.19. The Morgan fingerprint density at radius 3 is 2.81 bits per heavy atom. The van der Waals surface area contributed by atoms with Gasteiger partial charge in [0.25, 0.3) is 5.91 Å². The fraction of sp³-hybridized carbons (Fsp3) is 0.533. The standard InChI is InChI=1S/C15H22N4O2/c1-18-5-3-10(4-6-18)19(2)13-8-12-14(7-11(13)16)21-9-15(20)17-12/h7-8,10H,3-6,9,16H2,1-2H3,(H,17,20). The molecule has 21 heavy (non-hydrogen) atoms. The third-order valence-corrected chi connectivity index (χ3v) is 4.38. The van der Waals surface area contributed by atoms with Gasteiger partial charge in [0.15, 0.2) is 6.61 Å². The van der Waals surface area contributed by atoms with Gasteiger partial charge in [0.05, 0.1) is 17.1 Å². The highest BCUT2D eigenvalue weighted by molar-refractivity contribution is 5.97. The van der Waals surface area contributed by atoms with Crippen molar-refractivity contribution in [3.63, 3.8) is 0 Å². The van der Waals surface area contributed by atoms with Gasteiger partial charge in [0.1, 0.15) is 5.75 Å². The molecule has 0 radical (unpaired) electrons. The monoisotopic (exact) mass is 290 g/mol. The molecule has 1 saturated heterocycles. The molecule has 3 N–H and O–H groups in total. The number of likely N-dealkylation sites (tertiary alicyclic amines) is 1. The van der Waals surface area contributed by atoms with Crippen LogP contribution in [0.2, 0.25) is 0 Å². The number of carbonyl (C=O) groups is 1. The maximum atomic E-state index is 11.4. The highest BCUT2D eigenvalue weighted by atomic mass is 16.5. The van der Waals surface area contributed by atoms with E-state index in [1.165, 1.54) is 0 Å². The lowest BCUT2D eigenvalue weighted by atomic mass is 10.0. The summed E-state index contributed by atoms with van der Waals surface area (Å²) in [6.45, 7) is 2.25. The first kappa shape index (κ1) is 14.0. The van der Waals surface area contributed by atoms with Crippen molar-refractivity contribution in [2.75, 3.05) is 49.7 Å². The summed E-state index contributed by atoms with van der Waals surface area (Å²) >= 11 is 0. The van der Waals surface area contributed by atoms with E-state index in [-0.39, 0.29) is 12.5 Å². The molecule has 114 valence electrons. The van der Waals surface area contributed by atoms with Crippen LogP contribution in [0.15, 0.2) is 12.1 Å². The Morgan fingerprint density at radius 1 is 1.38 bits per heavy atom. The topological polar surface area (TPSA) is 70.8 Å². The summed E-state index contributed by atoms with van der Waals surface area (Å²) in [4.78, 5) is 16.0. The molecule has 0 atom stereocenters. The van der Waals surface area contributed by atoms with E-state index in [4.69, 9.17) is 10.5 Å². The van der Waals surface area contributed by atoms with Crippen molar-refractivity contribution in [2.45, 2.75) is 18.9 Å². The molecular weight excluding hydrogens is 268 g/mol. The fourth-order valence-corrected chi connectivity index (χ4v) is 3.02. The van der Waals surface area contributed by atoms with Gasteiger partial charge in [-0.25, -0.2) is 0 Å². The Balaban J connectivity index is 1.84. The van der Waals surface area contributed by atoms with Crippen LogP contribution in [0.25, 0.3) is 0 Å². The third-order valence-electron chi connectivity index (χ3n) is 4.38. The van der Waals surface area contributed by atoms with Crippen molar-refractivity contribution in [1.82, 2.24) is 4.90 Å². The van der Waals surface area contributed by atoms with Crippen molar-refractivity contribution in [2.24, 2.45) is 0 Å². The number of nitrogens with zero attached hydrogens (tertiary/aromatic N) is 2. The molecule has 2 heterocycles. The molecular formula is C15H22N4O2. The number of hydrogen-bond donors (Lipinski definition) is 2. The number of amides is 1. The Labute approximate surface area is 124 Å². The molecule has 6 nitrogen and oxygen atoms in total. The quantitative estimate of drug-likeness (QED) is 0.799. The molecule has 0 unspecified atom stereocenters. The van der Waals surface area contributed by atoms with E-state index in [0.29, 0.717) is 23.2 Å². The van der Waals surface area contributed by atoms with Gasteiger partial charge >= 0.3 is 0 Å². The van der Waals surface area contributed by atoms with Crippen LogP contribution >= 0.6 is 0 Å². The SMILES string of the molecule is CN1CCC(N(C)c2cc3c(cc2N)OCC(=O)N3)CC1. The van der Waals surface area contributed by atoms with Crippen LogP contribution in [0.1, 0.15) is 12.8 Å². The van der Waals surface area contributed by atoms with E-state index in [2.05, 4.69) is 29.2 Å². The molecule has 0 aromatic heterocycles. The van der Waals surface area contributed by atoms with Gasteiger partial charge in [-0.2, -0.15) is 0 Å². The van der Waals surface area contributed by atoms with E-state index in [1.54, 1.807) is 6.07 Å². The molecule has 0 aliphatic carbocycles. The number of ether oxygens (including phenoxy) is 1. The number of benzene rings is 1. The van der Waals surface area contributed by atoms with Crippen molar-refractivity contribution in [3.05, 3.63) is 12.1 Å². The molecule has 0 spiro atoms.